The van der Waals surface area contributed by atoms with Gasteiger partial charge >= 0.3 is 12.2 Å². The van der Waals surface area contributed by atoms with Gasteiger partial charge in [0, 0.05) is 12.6 Å². The van der Waals surface area contributed by atoms with Crippen molar-refractivity contribution in [3.05, 3.63) is 83.6 Å². The zero-order valence-corrected chi connectivity index (χ0v) is 37.2. The number of carbonyl (C=O) groups is 4. The van der Waals surface area contributed by atoms with Gasteiger partial charge in [0.1, 0.15) is 29.3 Å². The van der Waals surface area contributed by atoms with Crippen LogP contribution >= 0.6 is 0 Å². The first-order valence-electron chi connectivity index (χ1n) is 22.4. The number of hydrogen-bond acceptors (Lipinski definition) is 8. The summed E-state index contributed by atoms with van der Waals surface area (Å²) >= 11 is 0. The summed E-state index contributed by atoms with van der Waals surface area (Å²) in [5.74, 6) is 1.35. The molecule has 2 bridgehead atoms. The number of ether oxygens (including phenoxy) is 2. The molecule has 3 fully saturated rings. The van der Waals surface area contributed by atoms with E-state index in [4.69, 9.17) is 19.4 Å². The summed E-state index contributed by atoms with van der Waals surface area (Å²) in [6.07, 6.45) is 6.97. The number of rotatable bonds is 10. The van der Waals surface area contributed by atoms with Crippen LogP contribution in [0.5, 0.6) is 0 Å². The number of H-pyrrole nitrogens is 2. The van der Waals surface area contributed by atoms with Crippen molar-refractivity contribution in [1.82, 2.24) is 40.4 Å². The Bertz CT molecular complexity index is 2600. The summed E-state index contributed by atoms with van der Waals surface area (Å²) in [4.78, 5) is 73.1. The molecular weight excluding hydrogens is 797 g/mol. The third-order valence-corrected chi connectivity index (χ3v) is 14.3. The van der Waals surface area contributed by atoms with Crippen LogP contribution in [-0.4, -0.2) is 92.6 Å². The van der Waals surface area contributed by atoms with Crippen LogP contribution in [0.3, 0.4) is 0 Å². The molecule has 4 aliphatic rings. The van der Waals surface area contributed by atoms with Gasteiger partial charge in [0.15, 0.2) is 0 Å². The maximum absolute atomic E-state index is 14.3. The lowest BCUT2D eigenvalue weighted by molar-refractivity contribution is -0.144. The van der Waals surface area contributed by atoms with E-state index >= 15 is 0 Å². The van der Waals surface area contributed by atoms with Crippen LogP contribution in [-0.2, 0) is 37.4 Å². The van der Waals surface area contributed by atoms with E-state index in [1.54, 1.807) is 0 Å². The van der Waals surface area contributed by atoms with Crippen LogP contribution in [0.15, 0.2) is 60.8 Å². The van der Waals surface area contributed by atoms with Gasteiger partial charge in [0.2, 0.25) is 11.8 Å². The smallest absolute Gasteiger partial charge is 0.407 e. The van der Waals surface area contributed by atoms with E-state index in [2.05, 4.69) is 82.1 Å². The number of aryl methyl sites for hydroxylation is 2. The predicted molar refractivity (Wildman–Crippen MR) is 239 cm³/mol. The molecule has 14 heteroatoms. The molecular formula is C49H58N8O6. The van der Waals surface area contributed by atoms with Crippen LogP contribution in [0.1, 0.15) is 95.5 Å². The number of piperidine rings is 1. The third kappa shape index (κ3) is 7.40. The van der Waals surface area contributed by atoms with Crippen LogP contribution in [0, 0.1) is 17.8 Å². The number of imidazole rings is 2. The fourth-order valence-electron chi connectivity index (χ4n) is 10.9. The maximum Gasteiger partial charge on any atom is 0.407 e. The van der Waals surface area contributed by atoms with Crippen LogP contribution in [0.25, 0.3) is 44.5 Å². The summed E-state index contributed by atoms with van der Waals surface area (Å²) in [6.45, 7) is 10.4. The highest BCUT2D eigenvalue weighted by molar-refractivity contribution is 5.89. The van der Waals surface area contributed by atoms with E-state index < -0.39 is 29.8 Å². The minimum Gasteiger partial charge on any atom is -0.453 e. The number of alkyl carbamates (subject to hydrolysis) is 2. The number of aromatic amines is 2. The fraction of sp³-hybridized carbons (Fsp3) is 0.469. The molecule has 5 aromatic rings. The second kappa shape index (κ2) is 16.5. The molecule has 6 atom stereocenters. The first-order valence-corrected chi connectivity index (χ1v) is 22.4. The monoisotopic (exact) mass is 854 g/mol. The summed E-state index contributed by atoms with van der Waals surface area (Å²) in [7, 11) is 2.62. The van der Waals surface area contributed by atoms with Crippen molar-refractivity contribution in [1.29, 1.82) is 0 Å². The number of fused-ring (bicyclic) bond motifs is 6. The van der Waals surface area contributed by atoms with Gasteiger partial charge in [-0.2, -0.15) is 0 Å². The molecule has 2 saturated heterocycles. The van der Waals surface area contributed by atoms with Gasteiger partial charge in [0.05, 0.1) is 43.2 Å². The standard InChI is InChI=1S/C49H58N8O6/c1-26(2)41(54-47(60)62-6)44(58)56-20-8-9-40(56)43-50-25-39(51-43)32-13-18-36-31(22-32)11-10-30-21-28(12-17-35(30)36)29-14-19-37-38(23-29)53-46(52-37)49(5)33-15-16-34(24-33)57(49)45(59)42(27(3)4)55-48(61)63-7/h12-14,17-19,21-23,25-27,33-34,40-42H,8-11,15-16,20,24H2,1-7H3,(H,50,51)(H,52,53)(H,54,60)(H,55,61)/t33?,34-,40+,41+,42+,49+/m1/s1. The van der Waals surface area contributed by atoms with E-state index in [-0.39, 0.29) is 41.7 Å². The first kappa shape index (κ1) is 42.1. The minimum atomic E-state index is -0.703. The largest absolute Gasteiger partial charge is 0.453 e. The van der Waals surface area contributed by atoms with Crippen molar-refractivity contribution >= 4 is 35.0 Å². The number of likely N-dealkylation sites (tertiary alicyclic amines) is 2. The number of nitrogens with zero attached hydrogens (tertiary/aromatic N) is 4. The molecule has 9 rings (SSSR count). The van der Waals surface area contributed by atoms with Crippen molar-refractivity contribution in [3.8, 4) is 33.5 Å². The molecule has 330 valence electrons. The van der Waals surface area contributed by atoms with E-state index in [9.17, 15) is 19.2 Å². The predicted octanol–water partition coefficient (Wildman–Crippen LogP) is 8.04. The van der Waals surface area contributed by atoms with Crippen molar-refractivity contribution in [3.63, 3.8) is 0 Å². The zero-order valence-electron chi connectivity index (χ0n) is 37.2. The van der Waals surface area contributed by atoms with E-state index in [0.717, 1.165) is 90.0 Å². The van der Waals surface area contributed by atoms with Crippen molar-refractivity contribution < 1.29 is 28.7 Å². The van der Waals surface area contributed by atoms with Gasteiger partial charge in [0.25, 0.3) is 0 Å². The molecule has 4 heterocycles. The highest BCUT2D eigenvalue weighted by Gasteiger charge is 2.59. The van der Waals surface area contributed by atoms with Gasteiger partial charge < -0.3 is 39.9 Å². The maximum atomic E-state index is 14.3. The Morgan fingerprint density at radius 1 is 0.778 bits per heavy atom. The molecule has 1 unspecified atom stereocenters. The number of methoxy groups -OCH3 is 2. The minimum absolute atomic E-state index is 0.0944. The Balaban J connectivity index is 0.932. The van der Waals surface area contributed by atoms with Gasteiger partial charge in [-0.05, 0) is 127 Å². The highest BCUT2D eigenvalue weighted by Crippen LogP contribution is 2.54. The third-order valence-electron chi connectivity index (χ3n) is 14.3. The number of amides is 4. The number of nitrogens with one attached hydrogen (secondary N) is 4. The highest BCUT2D eigenvalue weighted by atomic mass is 16.5. The molecule has 63 heavy (non-hydrogen) atoms. The molecule has 14 nitrogen and oxygen atoms in total. The lowest BCUT2D eigenvalue weighted by atomic mass is 9.83. The molecule has 3 aromatic carbocycles. The molecule has 2 aliphatic carbocycles. The Morgan fingerprint density at radius 3 is 2.06 bits per heavy atom. The van der Waals surface area contributed by atoms with Crippen molar-refractivity contribution in [2.45, 2.75) is 109 Å². The quantitative estimate of drug-likeness (QED) is 0.109. The van der Waals surface area contributed by atoms with Crippen LogP contribution in [0.2, 0.25) is 0 Å². The van der Waals surface area contributed by atoms with E-state index in [0.29, 0.717) is 6.54 Å². The van der Waals surface area contributed by atoms with Crippen molar-refractivity contribution in [2.24, 2.45) is 17.8 Å². The molecule has 2 aromatic heterocycles. The Morgan fingerprint density at radius 2 is 1.40 bits per heavy atom. The second-order valence-electron chi connectivity index (χ2n) is 18.7. The van der Waals surface area contributed by atoms with Crippen molar-refractivity contribution in [2.75, 3.05) is 20.8 Å². The molecule has 0 spiro atoms. The molecule has 4 amide bonds. The lowest BCUT2D eigenvalue weighted by Gasteiger charge is -2.45. The molecule has 2 aliphatic heterocycles. The second-order valence-corrected chi connectivity index (χ2v) is 18.7. The Kier molecular flexibility index (Phi) is 11.0. The summed E-state index contributed by atoms with van der Waals surface area (Å²) in [6, 6.07) is 18.2. The zero-order chi connectivity index (χ0) is 44.3. The average Bonchev–Trinajstić information content (AvgIpc) is 4.14. The number of benzene rings is 3. The average molecular weight is 855 g/mol. The molecule has 1 saturated carbocycles. The molecule has 4 N–H and O–H groups in total. The Hall–Kier alpha value is -6.18. The van der Waals surface area contributed by atoms with Gasteiger partial charge in [-0.15, -0.1) is 0 Å². The SMILES string of the molecule is COC(=O)N[C@H](C(=O)N1CCC[C@H]1c1ncc(-c2ccc3c(c2)CCc2cc(-c4ccc5nc([C@]6(C)C7CC[C@H](C7)N6C(=O)[C@@H](NC(=O)OC)C(C)C)[nH]c5c4)ccc2-3)[nH]1)C(C)C. The summed E-state index contributed by atoms with van der Waals surface area (Å²) in [5.41, 5.74) is 10.4. The van der Waals surface area contributed by atoms with Crippen LogP contribution < -0.4 is 10.6 Å². The van der Waals surface area contributed by atoms with Gasteiger partial charge in [-0.1, -0.05) is 64.1 Å². The lowest BCUT2D eigenvalue weighted by Crippen LogP contribution is -2.59. The first-order chi connectivity index (χ1) is 30.3. The normalized spacial score (nSPS) is 22.3. The van der Waals surface area contributed by atoms with Gasteiger partial charge in [-0.3, -0.25) is 9.59 Å². The van der Waals surface area contributed by atoms with Crippen LogP contribution in [0.4, 0.5) is 9.59 Å². The number of aromatic nitrogens is 4. The fourth-order valence-corrected chi connectivity index (χ4v) is 10.9. The number of hydrogen-bond donors (Lipinski definition) is 4. The molecule has 0 radical (unpaired) electrons. The topological polar surface area (TPSA) is 175 Å². The number of carbonyl (C=O) groups excluding carboxylic acids is 4. The summed E-state index contributed by atoms with van der Waals surface area (Å²) < 4.78 is 9.67. The van der Waals surface area contributed by atoms with E-state index in [1.807, 2.05) is 43.7 Å². The van der Waals surface area contributed by atoms with Gasteiger partial charge in [-0.25, -0.2) is 19.6 Å². The van der Waals surface area contributed by atoms with E-state index in [1.165, 1.54) is 36.5 Å². The summed E-state index contributed by atoms with van der Waals surface area (Å²) in [5, 5.41) is 5.52. The Labute approximate surface area is 367 Å².